The maximum absolute atomic E-state index is 3.92. The second-order valence-electron chi connectivity index (χ2n) is 12.8. The molecule has 0 spiro atoms. The van der Waals surface area contributed by atoms with E-state index in [1.165, 1.54) is 44.1 Å². The van der Waals surface area contributed by atoms with Crippen molar-refractivity contribution in [2.45, 2.75) is 80.1 Å². The third-order valence-corrected chi connectivity index (χ3v) is 9.41. The lowest BCUT2D eigenvalue weighted by Crippen LogP contribution is -2.38. The summed E-state index contributed by atoms with van der Waals surface area (Å²) in [5, 5.41) is 0. The molecule has 0 aromatic carbocycles. The Bertz CT molecular complexity index is 792. The van der Waals surface area contributed by atoms with Crippen molar-refractivity contribution in [2.75, 3.05) is 0 Å². The van der Waals surface area contributed by atoms with Gasteiger partial charge in [0.25, 0.3) is 0 Å². The summed E-state index contributed by atoms with van der Waals surface area (Å²) in [5.41, 5.74) is 3.63. The van der Waals surface area contributed by atoms with Crippen molar-refractivity contribution in [2.24, 2.45) is 52.3 Å². The van der Waals surface area contributed by atoms with Crippen molar-refractivity contribution in [1.29, 1.82) is 0 Å². The molecule has 0 bridgehead atoms. The fourth-order valence-electron chi connectivity index (χ4n) is 7.62. The molecule has 0 heterocycles. The number of unbranched alkanes of at least 4 members (excludes halogenated alkanes) is 1. The highest BCUT2D eigenvalue weighted by Crippen LogP contribution is 2.62. The van der Waals surface area contributed by atoms with Gasteiger partial charge in [0, 0.05) is 0 Å². The van der Waals surface area contributed by atoms with Crippen molar-refractivity contribution in [3.8, 4) is 0 Å². The lowest BCUT2D eigenvalue weighted by atomic mass is 9.60. The highest BCUT2D eigenvalue weighted by molar-refractivity contribution is 5.37. The summed E-state index contributed by atoms with van der Waals surface area (Å²) in [6.45, 7) is 18.6. The van der Waals surface area contributed by atoms with Crippen LogP contribution in [0.2, 0.25) is 0 Å². The number of fused-ring (bicyclic) bond motifs is 3. The Hall–Kier alpha value is -1.30. The first-order chi connectivity index (χ1) is 14.6. The van der Waals surface area contributed by atoms with Crippen LogP contribution in [-0.4, -0.2) is 0 Å². The van der Waals surface area contributed by atoms with Crippen molar-refractivity contribution in [3.05, 3.63) is 60.3 Å². The Labute approximate surface area is 192 Å². The lowest BCUT2D eigenvalue weighted by molar-refractivity contribution is 0.0717. The van der Waals surface area contributed by atoms with Gasteiger partial charge < -0.3 is 0 Å². The quantitative estimate of drug-likeness (QED) is 0.298. The van der Waals surface area contributed by atoms with Crippen LogP contribution in [0.15, 0.2) is 60.3 Å². The molecule has 31 heavy (non-hydrogen) atoms. The van der Waals surface area contributed by atoms with E-state index in [2.05, 4.69) is 90.7 Å². The van der Waals surface area contributed by atoms with Gasteiger partial charge in [-0.3, -0.25) is 0 Å². The van der Waals surface area contributed by atoms with Gasteiger partial charge in [0.2, 0.25) is 0 Å². The zero-order valence-electron chi connectivity index (χ0n) is 21.0. The van der Waals surface area contributed by atoms with Crippen LogP contribution >= 0.6 is 0 Å². The minimum absolute atomic E-state index is 0.231. The summed E-state index contributed by atoms with van der Waals surface area (Å²) in [4.78, 5) is 0. The van der Waals surface area contributed by atoms with E-state index in [-0.39, 0.29) is 5.41 Å². The van der Waals surface area contributed by atoms with Crippen molar-refractivity contribution >= 4 is 0 Å². The third-order valence-electron chi connectivity index (χ3n) is 9.41. The van der Waals surface area contributed by atoms with Gasteiger partial charge in [-0.2, -0.15) is 0 Å². The summed E-state index contributed by atoms with van der Waals surface area (Å²) in [5.74, 6) is 5.25. The Balaban J connectivity index is 1.62. The third kappa shape index (κ3) is 4.34. The van der Waals surface area contributed by atoms with Crippen LogP contribution < -0.4 is 0 Å². The molecule has 0 saturated heterocycles. The van der Waals surface area contributed by atoms with Crippen LogP contribution in [0.3, 0.4) is 0 Å². The predicted molar refractivity (Wildman–Crippen MR) is 136 cm³/mol. The molecule has 0 N–H and O–H groups in total. The number of hydrogen-bond donors (Lipinski definition) is 0. The van der Waals surface area contributed by atoms with E-state index in [4.69, 9.17) is 0 Å². The highest BCUT2D eigenvalue weighted by atomic mass is 14.6. The molecule has 2 saturated carbocycles. The van der Waals surface area contributed by atoms with Crippen molar-refractivity contribution in [3.63, 3.8) is 0 Å². The first kappa shape index (κ1) is 22.9. The van der Waals surface area contributed by atoms with E-state index in [0.29, 0.717) is 29.1 Å². The van der Waals surface area contributed by atoms with Crippen molar-refractivity contribution < 1.29 is 0 Å². The highest BCUT2D eigenvalue weighted by Gasteiger charge is 2.55. The van der Waals surface area contributed by atoms with E-state index in [1.807, 2.05) is 0 Å². The van der Waals surface area contributed by atoms with Gasteiger partial charge in [0.05, 0.1) is 0 Å². The fraction of sp³-hybridized carbons (Fsp3) is 0.677. The number of allylic oxidation sites excluding steroid dienone is 9. The molecule has 0 nitrogen and oxygen atoms in total. The molecule has 7 atom stereocenters. The summed E-state index contributed by atoms with van der Waals surface area (Å²) in [7, 11) is 0. The molecule has 4 aliphatic rings. The number of rotatable bonds is 6. The zero-order valence-corrected chi connectivity index (χ0v) is 21.0. The maximum atomic E-state index is 3.92. The molecule has 7 unspecified atom stereocenters. The van der Waals surface area contributed by atoms with E-state index in [9.17, 15) is 0 Å². The fourth-order valence-corrected chi connectivity index (χ4v) is 7.62. The first-order valence-corrected chi connectivity index (χ1v) is 13.0. The molecule has 4 aliphatic carbocycles. The summed E-state index contributed by atoms with van der Waals surface area (Å²) in [6.07, 6.45) is 25.7. The molecule has 0 aliphatic heterocycles. The normalized spacial score (nSPS) is 37.3. The minimum Gasteiger partial charge on any atom is -0.103 e. The minimum atomic E-state index is 0.231. The van der Waals surface area contributed by atoms with Gasteiger partial charge in [-0.1, -0.05) is 95.6 Å². The monoisotopic (exact) mass is 418 g/mol. The Morgan fingerprint density at radius 1 is 0.935 bits per heavy atom. The van der Waals surface area contributed by atoms with Gasteiger partial charge in [-0.15, -0.1) is 6.58 Å². The van der Waals surface area contributed by atoms with Crippen LogP contribution in [0.4, 0.5) is 0 Å². The zero-order chi connectivity index (χ0) is 22.4. The molecule has 0 amide bonds. The van der Waals surface area contributed by atoms with Gasteiger partial charge >= 0.3 is 0 Å². The Morgan fingerprint density at radius 3 is 2.29 bits per heavy atom. The van der Waals surface area contributed by atoms with Crippen LogP contribution in [0.5, 0.6) is 0 Å². The standard InChI is InChI=1S/C31H46/c1-8-9-10-11-22-13-14-24(19-22)31(6,7)29-27-18-21(2)12-16-25(27)26-17-15-23(20-28(26)29)30(3,4)5/h8,12,15-18,20,22,24-29H,1,9-11,13-14,19H2,2-7H3. The molecule has 0 aromatic heterocycles. The van der Waals surface area contributed by atoms with E-state index in [0.717, 1.165) is 17.8 Å². The smallest absolute Gasteiger partial charge is 0.00952 e. The summed E-state index contributed by atoms with van der Waals surface area (Å²) >= 11 is 0. The first-order valence-electron chi connectivity index (χ1n) is 13.0. The maximum Gasteiger partial charge on any atom is -0.00952 e. The number of hydrogen-bond acceptors (Lipinski definition) is 0. The molecular weight excluding hydrogens is 372 g/mol. The van der Waals surface area contributed by atoms with Crippen molar-refractivity contribution in [1.82, 2.24) is 0 Å². The lowest BCUT2D eigenvalue weighted by Gasteiger charge is -2.44. The van der Waals surface area contributed by atoms with E-state index in [1.54, 1.807) is 5.57 Å². The van der Waals surface area contributed by atoms with E-state index >= 15 is 0 Å². The molecule has 0 heteroatoms. The second-order valence-corrected chi connectivity index (χ2v) is 12.8. The summed E-state index contributed by atoms with van der Waals surface area (Å²) < 4.78 is 0. The van der Waals surface area contributed by atoms with Crippen LogP contribution in [0.1, 0.15) is 80.1 Å². The van der Waals surface area contributed by atoms with Crippen LogP contribution in [0, 0.1) is 52.3 Å². The predicted octanol–water partition coefficient (Wildman–Crippen LogP) is 8.94. The van der Waals surface area contributed by atoms with Gasteiger partial charge in [-0.25, -0.2) is 0 Å². The SMILES string of the molecule is C=CCCCC1CCC(C(C)(C)C2C3C=C(C)C=CC3C3C=CC(C(C)(C)C)=CC32)C1. The second kappa shape index (κ2) is 8.57. The summed E-state index contributed by atoms with van der Waals surface area (Å²) in [6, 6.07) is 0. The van der Waals surface area contributed by atoms with Gasteiger partial charge in [0.1, 0.15) is 0 Å². The molecule has 0 radical (unpaired) electrons. The molecule has 2 fully saturated rings. The van der Waals surface area contributed by atoms with Crippen LogP contribution in [0.25, 0.3) is 0 Å². The average Bonchev–Trinajstić information content (AvgIpc) is 3.29. The Kier molecular flexibility index (Phi) is 6.32. The molecule has 4 rings (SSSR count). The van der Waals surface area contributed by atoms with E-state index < -0.39 is 0 Å². The molecule has 0 aromatic rings. The van der Waals surface area contributed by atoms with Gasteiger partial charge in [-0.05, 0) is 90.4 Å². The topological polar surface area (TPSA) is 0 Å². The molecular formula is C31H46. The largest absolute Gasteiger partial charge is 0.103 e. The van der Waals surface area contributed by atoms with Crippen LogP contribution in [-0.2, 0) is 0 Å². The Morgan fingerprint density at radius 2 is 1.61 bits per heavy atom. The van der Waals surface area contributed by atoms with Gasteiger partial charge in [0.15, 0.2) is 0 Å². The molecule has 170 valence electrons. The average molecular weight is 419 g/mol.